The summed E-state index contributed by atoms with van der Waals surface area (Å²) >= 11 is 0. The molecule has 2 rings (SSSR count). The maximum atomic E-state index is 12.2. The number of rotatable bonds is 2. The van der Waals surface area contributed by atoms with Gasteiger partial charge in [-0.05, 0) is 24.0 Å². The summed E-state index contributed by atoms with van der Waals surface area (Å²) in [5.41, 5.74) is 0.237. The molecule has 114 valence electrons. The molecular formula is C15H21N3O3. The van der Waals surface area contributed by atoms with Crippen LogP contribution in [0.25, 0.3) is 0 Å². The second-order valence-electron chi connectivity index (χ2n) is 6.40. The predicted molar refractivity (Wildman–Crippen MR) is 78.1 cm³/mol. The summed E-state index contributed by atoms with van der Waals surface area (Å²) in [6.45, 7) is 6.40. The van der Waals surface area contributed by atoms with Crippen LogP contribution in [0.5, 0.6) is 0 Å². The van der Waals surface area contributed by atoms with Crippen molar-refractivity contribution in [3.8, 4) is 0 Å². The van der Waals surface area contributed by atoms with Crippen molar-refractivity contribution in [1.82, 2.24) is 15.2 Å². The molecule has 0 bridgehead atoms. The number of nitrogens with one attached hydrogen (secondary N) is 1. The summed E-state index contributed by atoms with van der Waals surface area (Å²) < 4.78 is 0. The standard InChI is InChI=1S/C15H21N3O3/c1-15(2,3)12-11(6-8-18(12)14(20)21)17-13(19)10-5-4-7-16-9-10/h4-5,7,9,11-12H,6,8H2,1-3H3,(H,17,19)(H,20,21)/t11-,12?/m0/s1. The van der Waals surface area contributed by atoms with Gasteiger partial charge in [-0.3, -0.25) is 9.78 Å². The number of amides is 2. The average molecular weight is 291 g/mol. The highest BCUT2D eigenvalue weighted by atomic mass is 16.4. The number of hydrogen-bond donors (Lipinski definition) is 2. The molecule has 1 aliphatic rings. The summed E-state index contributed by atoms with van der Waals surface area (Å²) in [5.74, 6) is -0.213. The first-order chi connectivity index (χ1) is 9.80. The van der Waals surface area contributed by atoms with Gasteiger partial charge in [0.2, 0.25) is 0 Å². The summed E-state index contributed by atoms with van der Waals surface area (Å²) in [6, 6.07) is 2.97. The van der Waals surface area contributed by atoms with E-state index in [1.807, 2.05) is 20.8 Å². The number of aromatic nitrogens is 1. The van der Waals surface area contributed by atoms with Crippen LogP contribution in [-0.4, -0.2) is 45.6 Å². The van der Waals surface area contributed by atoms with Crippen LogP contribution in [0.2, 0.25) is 0 Å². The molecule has 6 heteroatoms. The Hall–Kier alpha value is -2.11. The van der Waals surface area contributed by atoms with Crippen LogP contribution in [0, 0.1) is 5.41 Å². The molecule has 0 aromatic carbocycles. The Kier molecular flexibility index (Phi) is 4.16. The van der Waals surface area contributed by atoms with Crippen LogP contribution in [0.1, 0.15) is 37.6 Å². The third kappa shape index (κ3) is 3.32. The molecule has 1 aromatic rings. The van der Waals surface area contributed by atoms with Crippen molar-refractivity contribution in [2.24, 2.45) is 5.41 Å². The molecule has 6 nitrogen and oxygen atoms in total. The molecule has 2 N–H and O–H groups in total. The molecule has 1 unspecified atom stereocenters. The monoisotopic (exact) mass is 291 g/mol. The minimum absolute atomic E-state index is 0.186. The van der Waals surface area contributed by atoms with Gasteiger partial charge in [0, 0.05) is 18.9 Å². The highest BCUT2D eigenvalue weighted by Crippen LogP contribution is 2.33. The van der Waals surface area contributed by atoms with Crippen molar-refractivity contribution in [1.29, 1.82) is 0 Å². The van der Waals surface area contributed by atoms with Crippen molar-refractivity contribution in [2.75, 3.05) is 6.54 Å². The normalized spacial score (nSPS) is 22.1. The van der Waals surface area contributed by atoms with Crippen LogP contribution in [0.4, 0.5) is 4.79 Å². The average Bonchev–Trinajstić information content (AvgIpc) is 2.83. The van der Waals surface area contributed by atoms with Gasteiger partial charge in [-0.2, -0.15) is 0 Å². The smallest absolute Gasteiger partial charge is 0.407 e. The molecule has 1 saturated heterocycles. The molecule has 2 atom stereocenters. The van der Waals surface area contributed by atoms with E-state index in [0.717, 1.165) is 0 Å². The number of likely N-dealkylation sites (tertiary alicyclic amines) is 1. The van der Waals surface area contributed by atoms with Crippen molar-refractivity contribution in [3.05, 3.63) is 30.1 Å². The lowest BCUT2D eigenvalue weighted by molar-refractivity contribution is 0.0826. The molecule has 1 aromatic heterocycles. The van der Waals surface area contributed by atoms with Gasteiger partial charge >= 0.3 is 6.09 Å². The Morgan fingerprint density at radius 2 is 2.14 bits per heavy atom. The largest absolute Gasteiger partial charge is 0.465 e. The van der Waals surface area contributed by atoms with Gasteiger partial charge in [0.15, 0.2) is 0 Å². The van der Waals surface area contributed by atoms with Crippen molar-refractivity contribution in [2.45, 2.75) is 39.3 Å². The van der Waals surface area contributed by atoms with E-state index in [2.05, 4.69) is 10.3 Å². The van der Waals surface area contributed by atoms with Crippen LogP contribution >= 0.6 is 0 Å². The van der Waals surface area contributed by atoms with E-state index in [4.69, 9.17) is 0 Å². The van der Waals surface area contributed by atoms with Crippen LogP contribution in [0.15, 0.2) is 24.5 Å². The lowest BCUT2D eigenvalue weighted by Gasteiger charge is -2.37. The van der Waals surface area contributed by atoms with Crippen molar-refractivity contribution < 1.29 is 14.7 Å². The third-order valence-corrected chi connectivity index (χ3v) is 3.77. The molecule has 0 radical (unpaired) electrons. The van der Waals surface area contributed by atoms with E-state index < -0.39 is 6.09 Å². The van der Waals surface area contributed by atoms with Gasteiger partial charge in [0.05, 0.1) is 17.6 Å². The molecule has 2 heterocycles. The number of carbonyl (C=O) groups excluding carboxylic acids is 1. The van der Waals surface area contributed by atoms with Gasteiger partial charge in [0.25, 0.3) is 5.91 Å². The maximum absolute atomic E-state index is 12.2. The fourth-order valence-corrected chi connectivity index (χ4v) is 2.98. The minimum atomic E-state index is -0.937. The van der Waals surface area contributed by atoms with Gasteiger partial charge < -0.3 is 15.3 Å². The summed E-state index contributed by atoms with van der Waals surface area (Å²) in [4.78, 5) is 28.9. The lowest BCUT2D eigenvalue weighted by Crippen LogP contribution is -2.52. The van der Waals surface area contributed by atoms with Gasteiger partial charge in [-0.25, -0.2) is 4.79 Å². The van der Waals surface area contributed by atoms with E-state index in [1.54, 1.807) is 18.3 Å². The van der Waals surface area contributed by atoms with E-state index in [9.17, 15) is 14.7 Å². The maximum Gasteiger partial charge on any atom is 0.407 e. The fourth-order valence-electron chi connectivity index (χ4n) is 2.98. The number of hydrogen-bond acceptors (Lipinski definition) is 3. The molecule has 21 heavy (non-hydrogen) atoms. The number of nitrogens with zero attached hydrogens (tertiary/aromatic N) is 2. The van der Waals surface area contributed by atoms with Gasteiger partial charge in [0.1, 0.15) is 0 Å². The summed E-state index contributed by atoms with van der Waals surface area (Å²) in [6.07, 6.45) is 2.80. The van der Waals surface area contributed by atoms with Gasteiger partial charge in [-0.1, -0.05) is 20.8 Å². The second-order valence-corrected chi connectivity index (χ2v) is 6.40. The zero-order valence-electron chi connectivity index (χ0n) is 12.5. The highest BCUT2D eigenvalue weighted by Gasteiger charge is 2.44. The molecule has 1 fully saturated rings. The molecule has 2 amide bonds. The lowest BCUT2D eigenvalue weighted by atomic mass is 9.82. The zero-order valence-corrected chi connectivity index (χ0v) is 12.5. The van der Waals surface area contributed by atoms with Gasteiger partial charge in [-0.15, -0.1) is 0 Å². The van der Waals surface area contributed by atoms with E-state index in [1.165, 1.54) is 11.1 Å². The SMILES string of the molecule is CC(C)(C)C1[C@@H](NC(=O)c2cccnc2)CCN1C(=O)O. The second kappa shape index (κ2) is 5.71. The Bertz CT molecular complexity index is 525. The fraction of sp³-hybridized carbons (Fsp3) is 0.533. The van der Waals surface area contributed by atoms with E-state index in [-0.39, 0.29) is 23.4 Å². The first-order valence-electron chi connectivity index (χ1n) is 7.01. The van der Waals surface area contributed by atoms with Crippen molar-refractivity contribution >= 4 is 12.0 Å². The molecule has 0 saturated carbocycles. The molecule has 0 aliphatic carbocycles. The summed E-state index contributed by atoms with van der Waals surface area (Å²) in [7, 11) is 0. The Morgan fingerprint density at radius 1 is 1.43 bits per heavy atom. The van der Waals surface area contributed by atoms with E-state index in [0.29, 0.717) is 18.5 Å². The molecule has 0 spiro atoms. The zero-order chi connectivity index (χ0) is 15.6. The van der Waals surface area contributed by atoms with Crippen LogP contribution in [-0.2, 0) is 0 Å². The number of pyridine rings is 1. The first-order valence-corrected chi connectivity index (χ1v) is 7.01. The highest BCUT2D eigenvalue weighted by molar-refractivity contribution is 5.94. The Morgan fingerprint density at radius 3 is 2.67 bits per heavy atom. The van der Waals surface area contributed by atoms with E-state index >= 15 is 0 Å². The van der Waals surface area contributed by atoms with Crippen LogP contribution in [0.3, 0.4) is 0 Å². The first kappa shape index (κ1) is 15.3. The van der Waals surface area contributed by atoms with Crippen LogP contribution < -0.4 is 5.32 Å². The minimum Gasteiger partial charge on any atom is -0.465 e. The number of carboxylic acid groups (broad SMARTS) is 1. The molecule has 1 aliphatic heterocycles. The third-order valence-electron chi connectivity index (χ3n) is 3.77. The Labute approximate surface area is 124 Å². The Balaban J connectivity index is 2.15. The topological polar surface area (TPSA) is 82.5 Å². The predicted octanol–water partition coefficient (Wildman–Crippen LogP) is 1.98. The summed E-state index contributed by atoms with van der Waals surface area (Å²) in [5, 5.41) is 12.3. The molecular weight excluding hydrogens is 270 g/mol. The quantitative estimate of drug-likeness (QED) is 0.873. The number of carbonyl (C=O) groups is 2. The van der Waals surface area contributed by atoms with Crippen molar-refractivity contribution in [3.63, 3.8) is 0 Å².